The molecule has 0 radical (unpaired) electrons. The zero-order chi connectivity index (χ0) is 31.7. The minimum Gasteiger partial charge on any atom is -0.378 e. The first kappa shape index (κ1) is 30.8. The molecule has 1 saturated carbocycles. The molecule has 3 heterocycles. The van der Waals surface area contributed by atoms with Gasteiger partial charge in [-0.1, -0.05) is 18.7 Å². The summed E-state index contributed by atoms with van der Waals surface area (Å²) < 4.78 is 22.2. The summed E-state index contributed by atoms with van der Waals surface area (Å²) in [6.07, 6.45) is 4.51. The van der Waals surface area contributed by atoms with E-state index in [2.05, 4.69) is 22.2 Å². The molecule has 2 aromatic carbocycles. The van der Waals surface area contributed by atoms with E-state index in [1.165, 1.54) is 16.3 Å². The van der Waals surface area contributed by atoms with Gasteiger partial charge in [0, 0.05) is 54.6 Å². The van der Waals surface area contributed by atoms with Crippen LogP contribution in [-0.2, 0) is 16.6 Å². The number of allylic oxidation sites excluding steroid dienone is 2. The molecule has 2 amide bonds. The predicted octanol–water partition coefficient (Wildman–Crippen LogP) is 5.81. The third-order valence-corrected chi connectivity index (χ3v) is 10.1. The van der Waals surface area contributed by atoms with Crippen LogP contribution in [0.15, 0.2) is 76.3 Å². The Morgan fingerprint density at radius 3 is 2.62 bits per heavy atom. The molecule has 2 unspecified atom stereocenters. The summed E-state index contributed by atoms with van der Waals surface area (Å²) in [7, 11) is 1.64. The summed E-state index contributed by atoms with van der Waals surface area (Å²) in [6.45, 7) is 8.00. The van der Waals surface area contributed by atoms with Gasteiger partial charge in [0.15, 0.2) is 5.82 Å². The van der Waals surface area contributed by atoms with E-state index in [4.69, 9.17) is 4.74 Å². The number of nitrogens with one attached hydrogen (secondary N) is 2. The van der Waals surface area contributed by atoms with Gasteiger partial charge in [0.2, 0.25) is 0 Å². The van der Waals surface area contributed by atoms with Gasteiger partial charge in [0.05, 0.1) is 18.9 Å². The number of halogens is 1. The highest BCUT2D eigenvalue weighted by Gasteiger charge is 2.34. The molecule has 234 valence electrons. The van der Waals surface area contributed by atoms with Crippen molar-refractivity contribution in [2.45, 2.75) is 26.2 Å². The normalized spacial score (nSPS) is 21.7. The number of aryl methyl sites for hydroxylation is 1. The Balaban J connectivity index is 1.22. The topological polar surface area (TPSA) is 106 Å². The lowest BCUT2D eigenvalue weighted by Gasteiger charge is -2.26. The number of hydrogen-bond donors (Lipinski definition) is 2. The second-order valence-electron chi connectivity index (χ2n) is 11.8. The molecule has 2 atom stereocenters. The summed E-state index contributed by atoms with van der Waals surface area (Å²) >= 11 is 1.27. The Hall–Kier alpha value is -4.22. The molecule has 2 aliphatic heterocycles. The van der Waals surface area contributed by atoms with Crippen LogP contribution in [0.2, 0.25) is 0 Å². The van der Waals surface area contributed by atoms with Crippen LogP contribution in [0, 0.1) is 18.8 Å². The van der Waals surface area contributed by atoms with E-state index >= 15 is 4.39 Å². The van der Waals surface area contributed by atoms with Gasteiger partial charge >= 0.3 is 0 Å². The molecule has 1 aliphatic carbocycles. The molecule has 2 bridgehead atoms. The van der Waals surface area contributed by atoms with Crippen molar-refractivity contribution in [1.29, 1.82) is 0 Å². The van der Waals surface area contributed by atoms with E-state index in [1.807, 2.05) is 13.0 Å². The summed E-state index contributed by atoms with van der Waals surface area (Å²) in [4.78, 5) is 45.7. The number of fused-ring (bicyclic) bond motifs is 2. The smallest absolute Gasteiger partial charge is 0.293 e. The van der Waals surface area contributed by atoms with Crippen molar-refractivity contribution < 1.29 is 18.7 Å². The largest absolute Gasteiger partial charge is 0.378 e. The van der Waals surface area contributed by atoms with Crippen LogP contribution in [0.1, 0.15) is 35.2 Å². The first-order valence-corrected chi connectivity index (χ1v) is 16.1. The lowest BCUT2D eigenvalue weighted by molar-refractivity contribution is -0.112. The Morgan fingerprint density at radius 2 is 1.87 bits per heavy atom. The maximum atomic E-state index is 15.4. The molecule has 1 aromatic heterocycles. The van der Waals surface area contributed by atoms with E-state index in [0.29, 0.717) is 71.7 Å². The van der Waals surface area contributed by atoms with Crippen molar-refractivity contribution in [3.8, 4) is 11.3 Å². The van der Waals surface area contributed by atoms with Crippen molar-refractivity contribution in [2.75, 3.05) is 42.7 Å². The van der Waals surface area contributed by atoms with Crippen LogP contribution in [0.25, 0.3) is 11.3 Å². The molecule has 45 heavy (non-hydrogen) atoms. The number of aromatic nitrogens is 2. The number of amides is 2. The maximum absolute atomic E-state index is 15.4. The average molecular weight is 630 g/mol. The number of anilines is 3. The van der Waals surface area contributed by atoms with E-state index in [9.17, 15) is 14.4 Å². The van der Waals surface area contributed by atoms with Crippen LogP contribution in [0.4, 0.5) is 21.6 Å². The number of hydrogen-bond acceptors (Lipinski definition) is 7. The minimum absolute atomic E-state index is 0.0625. The fraction of sp³-hybridized carbons (Fsp3) is 0.353. The molecule has 9 nitrogen and oxygen atoms in total. The lowest BCUT2D eigenvalue weighted by Crippen LogP contribution is -2.40. The van der Waals surface area contributed by atoms with Crippen molar-refractivity contribution >= 4 is 40.8 Å². The average Bonchev–Trinajstić information content (AvgIpc) is 3.54. The fourth-order valence-electron chi connectivity index (χ4n) is 6.12. The van der Waals surface area contributed by atoms with Crippen LogP contribution >= 0.6 is 11.8 Å². The van der Waals surface area contributed by atoms with Gasteiger partial charge in [-0.15, -0.1) is 11.8 Å². The van der Waals surface area contributed by atoms with Gasteiger partial charge in [0.1, 0.15) is 10.7 Å². The number of morpholine rings is 1. The van der Waals surface area contributed by atoms with Gasteiger partial charge in [-0.05, 0) is 79.5 Å². The van der Waals surface area contributed by atoms with Gasteiger partial charge in [0.25, 0.3) is 17.4 Å². The SMILES string of the molecule is C=C1/C(F)=C(/C(=O)Nc2cccc(-c3cn(C)c(=O)c(Nc4ccc(C(=O)N5CCOCC5)cc4)n3)c2C)SCC2CCC1C2. The van der Waals surface area contributed by atoms with Crippen molar-refractivity contribution in [1.82, 2.24) is 14.5 Å². The zero-order valence-corrected chi connectivity index (χ0v) is 26.2. The molecular formula is C34H36FN5O4S. The predicted molar refractivity (Wildman–Crippen MR) is 175 cm³/mol. The van der Waals surface area contributed by atoms with Crippen molar-refractivity contribution in [3.05, 3.63) is 93.0 Å². The van der Waals surface area contributed by atoms with Crippen molar-refractivity contribution in [2.24, 2.45) is 18.9 Å². The first-order valence-electron chi connectivity index (χ1n) is 15.1. The molecule has 1 saturated heterocycles. The number of rotatable bonds is 6. The molecule has 3 aromatic rings. The second kappa shape index (κ2) is 13.0. The van der Waals surface area contributed by atoms with Crippen LogP contribution in [-0.4, -0.2) is 58.3 Å². The Labute approximate surface area is 265 Å². The van der Waals surface area contributed by atoms with Crippen LogP contribution in [0.3, 0.4) is 0 Å². The van der Waals surface area contributed by atoms with Crippen LogP contribution < -0.4 is 16.2 Å². The Kier molecular flexibility index (Phi) is 8.91. The van der Waals surface area contributed by atoms with Gasteiger partial charge in [-0.2, -0.15) is 0 Å². The molecule has 11 heteroatoms. The van der Waals surface area contributed by atoms with E-state index < -0.39 is 11.7 Å². The first-order chi connectivity index (χ1) is 21.7. The number of benzene rings is 2. The van der Waals surface area contributed by atoms with E-state index in [1.54, 1.807) is 54.5 Å². The standard InChI is InChI=1S/C34H36FN5O4S/c1-20-24-8-7-22(17-24)19-45-30(29(20)35)32(41)38-27-6-4-5-26(21(27)2)28-18-39(3)34(43)31(37-28)36-25-11-9-23(10-12-25)33(42)40-13-15-44-16-14-40/h4-6,9-12,18,22,24H,1,7-8,13-17,19H2,2-3H3,(H,36,37)(H,38,41)/b30-29+. The molecular weight excluding hydrogens is 593 g/mol. The van der Waals surface area contributed by atoms with Gasteiger partial charge in [-0.3, -0.25) is 14.4 Å². The highest BCUT2D eigenvalue weighted by atomic mass is 32.2. The highest BCUT2D eigenvalue weighted by Crippen LogP contribution is 2.45. The second-order valence-corrected chi connectivity index (χ2v) is 12.8. The number of nitrogens with zero attached hydrogens (tertiary/aromatic N) is 3. The monoisotopic (exact) mass is 629 g/mol. The quantitative estimate of drug-likeness (QED) is 0.355. The lowest BCUT2D eigenvalue weighted by atomic mass is 9.96. The van der Waals surface area contributed by atoms with Gasteiger partial charge < -0.3 is 24.8 Å². The summed E-state index contributed by atoms with van der Waals surface area (Å²) in [5, 5.41) is 6.00. The molecule has 3 aliphatic rings. The van der Waals surface area contributed by atoms with Crippen LogP contribution in [0.5, 0.6) is 0 Å². The molecule has 2 N–H and O–H groups in total. The number of carbonyl (C=O) groups is 2. The fourth-order valence-corrected chi connectivity index (χ4v) is 7.27. The number of carbonyl (C=O) groups excluding carboxylic acids is 2. The minimum atomic E-state index is -0.509. The third-order valence-electron chi connectivity index (χ3n) is 8.81. The highest BCUT2D eigenvalue weighted by molar-refractivity contribution is 8.04. The summed E-state index contributed by atoms with van der Waals surface area (Å²) in [6, 6.07) is 12.3. The molecule has 2 fully saturated rings. The van der Waals surface area contributed by atoms with Crippen molar-refractivity contribution in [3.63, 3.8) is 0 Å². The Morgan fingerprint density at radius 1 is 1.11 bits per heavy atom. The third kappa shape index (κ3) is 6.46. The summed E-state index contributed by atoms with van der Waals surface area (Å²) in [5.74, 6) is 0.320. The molecule has 6 rings (SSSR count). The molecule has 0 spiro atoms. The summed E-state index contributed by atoms with van der Waals surface area (Å²) in [5.41, 5.74) is 3.74. The Bertz CT molecular complexity index is 1750. The van der Waals surface area contributed by atoms with E-state index in [-0.39, 0.29) is 28.1 Å². The number of ether oxygens (including phenoxy) is 1. The number of thioether (sulfide) groups is 1. The van der Waals surface area contributed by atoms with Gasteiger partial charge in [-0.25, -0.2) is 9.37 Å². The van der Waals surface area contributed by atoms with E-state index in [0.717, 1.165) is 24.8 Å². The zero-order valence-electron chi connectivity index (χ0n) is 25.4. The maximum Gasteiger partial charge on any atom is 0.293 e.